The van der Waals surface area contributed by atoms with Gasteiger partial charge in [0.25, 0.3) is 5.91 Å². The molecule has 11 heteroatoms. The van der Waals surface area contributed by atoms with Crippen LogP contribution in [0, 0.1) is 0 Å². The zero-order chi connectivity index (χ0) is 22.3. The number of carbonyl (C=O) groups is 1. The highest BCUT2D eigenvalue weighted by Crippen LogP contribution is 2.36. The zero-order valence-electron chi connectivity index (χ0n) is 16.6. The molecule has 2 aromatic carbocycles. The highest BCUT2D eigenvalue weighted by molar-refractivity contribution is 7.89. The van der Waals surface area contributed by atoms with Crippen molar-refractivity contribution in [2.75, 3.05) is 18.4 Å². The first-order chi connectivity index (χ1) is 14.6. The molecule has 0 aliphatic carbocycles. The number of ether oxygens (including phenoxy) is 1. The molecule has 2 atom stereocenters. The Hall–Kier alpha value is -1.75. The lowest BCUT2D eigenvalue weighted by atomic mass is 10.2. The number of halogens is 2. The second-order valence-electron chi connectivity index (χ2n) is 7.28. The molecule has 1 N–H and O–H groups in total. The van der Waals surface area contributed by atoms with Gasteiger partial charge >= 0.3 is 0 Å². The fourth-order valence-electron chi connectivity index (χ4n) is 3.42. The van der Waals surface area contributed by atoms with Gasteiger partial charge in [0, 0.05) is 18.7 Å². The Kier molecular flexibility index (Phi) is 6.26. The molecule has 164 valence electrons. The zero-order valence-corrected chi connectivity index (χ0v) is 19.8. The van der Waals surface area contributed by atoms with Crippen LogP contribution in [0.5, 0.6) is 0 Å². The molecule has 1 aliphatic rings. The molecule has 2 unspecified atom stereocenters. The number of rotatable bonds is 4. The van der Waals surface area contributed by atoms with E-state index in [0.29, 0.717) is 31.0 Å². The molecule has 1 amide bonds. The van der Waals surface area contributed by atoms with Crippen LogP contribution in [-0.2, 0) is 14.8 Å². The molecule has 1 saturated heterocycles. The van der Waals surface area contributed by atoms with Crippen LogP contribution in [0.2, 0.25) is 10.0 Å². The Morgan fingerprint density at radius 2 is 1.71 bits per heavy atom. The highest BCUT2D eigenvalue weighted by Gasteiger charge is 2.32. The number of carbonyl (C=O) groups excluding carboxylic acids is 1. The van der Waals surface area contributed by atoms with E-state index in [4.69, 9.17) is 27.9 Å². The van der Waals surface area contributed by atoms with Crippen molar-refractivity contribution in [2.45, 2.75) is 31.0 Å². The number of hydrogen-bond donors (Lipinski definition) is 1. The van der Waals surface area contributed by atoms with Crippen molar-refractivity contribution in [3.8, 4) is 0 Å². The molecule has 4 rings (SSSR count). The van der Waals surface area contributed by atoms with Gasteiger partial charge in [0.15, 0.2) is 5.13 Å². The van der Waals surface area contributed by atoms with Crippen LogP contribution in [0.1, 0.15) is 24.2 Å². The molecular weight excluding hydrogens is 481 g/mol. The van der Waals surface area contributed by atoms with Crippen LogP contribution >= 0.6 is 34.5 Å². The number of hydrogen-bond acceptors (Lipinski definition) is 6. The molecular formula is C20H19Cl2N3O4S2. The van der Waals surface area contributed by atoms with Gasteiger partial charge in [-0.2, -0.15) is 4.31 Å². The van der Waals surface area contributed by atoms with Crippen molar-refractivity contribution >= 4 is 65.8 Å². The van der Waals surface area contributed by atoms with E-state index in [-0.39, 0.29) is 30.2 Å². The standard InChI is InChI=1S/C20H19Cl2N3O4S2/c1-11-9-25(10-12(2)29-11)31(27,28)14-5-3-13(4-6-14)19(26)24-20-23-17-15(21)7-8-16(22)18(17)30-20/h3-8,11-12H,9-10H2,1-2H3,(H,23,24,26). The number of morpholine rings is 1. The van der Waals surface area contributed by atoms with E-state index in [1.807, 2.05) is 13.8 Å². The number of aromatic nitrogens is 1. The van der Waals surface area contributed by atoms with E-state index >= 15 is 0 Å². The maximum absolute atomic E-state index is 13.0. The molecule has 1 fully saturated rings. The quantitative estimate of drug-likeness (QED) is 0.563. The number of anilines is 1. The van der Waals surface area contributed by atoms with Gasteiger partial charge in [-0.15, -0.1) is 0 Å². The van der Waals surface area contributed by atoms with Crippen LogP contribution < -0.4 is 5.32 Å². The van der Waals surface area contributed by atoms with Gasteiger partial charge in [0.05, 0.1) is 31.8 Å². The van der Waals surface area contributed by atoms with Crippen molar-refractivity contribution in [1.82, 2.24) is 9.29 Å². The predicted octanol–water partition coefficient (Wildman–Crippen LogP) is 4.65. The number of benzene rings is 2. The minimum atomic E-state index is -3.67. The lowest BCUT2D eigenvalue weighted by molar-refractivity contribution is -0.0440. The third-order valence-electron chi connectivity index (χ3n) is 4.81. The Morgan fingerprint density at radius 3 is 2.32 bits per heavy atom. The minimum absolute atomic E-state index is 0.129. The average Bonchev–Trinajstić information content (AvgIpc) is 3.15. The summed E-state index contributed by atoms with van der Waals surface area (Å²) in [5.74, 6) is -0.413. The topological polar surface area (TPSA) is 88.6 Å². The third kappa shape index (κ3) is 4.57. The molecule has 0 saturated carbocycles. The predicted molar refractivity (Wildman–Crippen MR) is 123 cm³/mol. The largest absolute Gasteiger partial charge is 0.373 e. The normalized spacial score (nSPS) is 20.1. The fraction of sp³-hybridized carbons (Fsp3) is 0.300. The number of nitrogens with zero attached hydrogens (tertiary/aromatic N) is 2. The SMILES string of the molecule is CC1CN(S(=O)(=O)c2ccc(C(=O)Nc3nc4c(Cl)ccc(Cl)c4s3)cc2)CC(C)O1. The van der Waals surface area contributed by atoms with Gasteiger partial charge < -0.3 is 4.74 Å². The van der Waals surface area contributed by atoms with Crippen LogP contribution in [0.15, 0.2) is 41.3 Å². The second kappa shape index (κ2) is 8.65. The molecule has 0 radical (unpaired) electrons. The Morgan fingerprint density at radius 1 is 1.10 bits per heavy atom. The van der Waals surface area contributed by atoms with E-state index in [0.717, 1.165) is 0 Å². The van der Waals surface area contributed by atoms with Crippen LogP contribution in [0.4, 0.5) is 5.13 Å². The average molecular weight is 500 g/mol. The van der Waals surface area contributed by atoms with Crippen molar-refractivity contribution in [3.63, 3.8) is 0 Å². The molecule has 1 aromatic heterocycles. The summed E-state index contributed by atoms with van der Waals surface area (Å²) in [6.45, 7) is 4.26. The Labute approximate surface area is 194 Å². The smallest absolute Gasteiger partial charge is 0.257 e. The monoisotopic (exact) mass is 499 g/mol. The number of amides is 1. The van der Waals surface area contributed by atoms with Crippen molar-refractivity contribution < 1.29 is 17.9 Å². The van der Waals surface area contributed by atoms with Crippen LogP contribution in [-0.4, -0.2) is 48.9 Å². The summed E-state index contributed by atoms with van der Waals surface area (Å²) >= 11 is 13.5. The Bertz CT molecular complexity index is 1200. The number of nitrogens with one attached hydrogen (secondary N) is 1. The number of sulfonamides is 1. The summed E-state index contributed by atoms with van der Waals surface area (Å²) < 4.78 is 33.6. The summed E-state index contributed by atoms with van der Waals surface area (Å²) in [6.07, 6.45) is -0.362. The summed E-state index contributed by atoms with van der Waals surface area (Å²) in [6, 6.07) is 9.13. The maximum Gasteiger partial charge on any atom is 0.257 e. The summed E-state index contributed by atoms with van der Waals surface area (Å²) in [5.41, 5.74) is 0.823. The summed E-state index contributed by atoms with van der Waals surface area (Å²) in [4.78, 5) is 17.1. The molecule has 0 spiro atoms. The van der Waals surface area contributed by atoms with E-state index < -0.39 is 15.9 Å². The van der Waals surface area contributed by atoms with E-state index in [2.05, 4.69) is 10.3 Å². The summed E-state index contributed by atoms with van der Waals surface area (Å²) in [7, 11) is -3.67. The van der Waals surface area contributed by atoms with Crippen molar-refractivity contribution in [2.24, 2.45) is 0 Å². The van der Waals surface area contributed by atoms with Gasteiger partial charge in [-0.25, -0.2) is 13.4 Å². The third-order valence-corrected chi connectivity index (χ3v) is 8.39. The molecule has 7 nitrogen and oxygen atoms in total. The van der Waals surface area contributed by atoms with Gasteiger partial charge in [0.2, 0.25) is 10.0 Å². The van der Waals surface area contributed by atoms with Crippen molar-refractivity contribution in [1.29, 1.82) is 0 Å². The van der Waals surface area contributed by atoms with E-state index in [1.165, 1.54) is 39.9 Å². The number of thiazole rings is 1. The molecule has 2 heterocycles. The van der Waals surface area contributed by atoms with Crippen LogP contribution in [0.3, 0.4) is 0 Å². The highest BCUT2D eigenvalue weighted by atomic mass is 35.5. The first kappa shape index (κ1) is 22.4. The first-order valence-corrected chi connectivity index (χ1v) is 12.5. The molecule has 0 bridgehead atoms. The lowest BCUT2D eigenvalue weighted by Gasteiger charge is -2.34. The fourth-order valence-corrected chi connectivity index (χ4v) is 6.43. The van der Waals surface area contributed by atoms with Crippen molar-refractivity contribution in [3.05, 3.63) is 52.0 Å². The van der Waals surface area contributed by atoms with Gasteiger partial charge in [-0.3, -0.25) is 10.1 Å². The molecule has 3 aromatic rings. The van der Waals surface area contributed by atoms with Gasteiger partial charge in [0.1, 0.15) is 5.52 Å². The van der Waals surface area contributed by atoms with E-state index in [9.17, 15) is 13.2 Å². The van der Waals surface area contributed by atoms with Gasteiger partial charge in [-0.05, 0) is 50.2 Å². The number of fused-ring (bicyclic) bond motifs is 1. The molecule has 31 heavy (non-hydrogen) atoms. The second-order valence-corrected chi connectivity index (χ2v) is 11.0. The minimum Gasteiger partial charge on any atom is -0.373 e. The van der Waals surface area contributed by atoms with Crippen LogP contribution in [0.25, 0.3) is 10.2 Å². The molecule has 1 aliphatic heterocycles. The maximum atomic E-state index is 13.0. The van der Waals surface area contributed by atoms with E-state index in [1.54, 1.807) is 12.1 Å². The van der Waals surface area contributed by atoms with Gasteiger partial charge in [-0.1, -0.05) is 34.5 Å². The summed E-state index contributed by atoms with van der Waals surface area (Å²) in [5, 5.41) is 4.00. The lowest BCUT2D eigenvalue weighted by Crippen LogP contribution is -2.48. The first-order valence-electron chi connectivity index (χ1n) is 9.46. The Balaban J connectivity index is 1.52.